The van der Waals surface area contributed by atoms with E-state index in [4.69, 9.17) is 10.5 Å². The van der Waals surface area contributed by atoms with Crippen LogP contribution in [-0.4, -0.2) is 19.1 Å². The van der Waals surface area contributed by atoms with Crippen molar-refractivity contribution in [2.75, 3.05) is 17.7 Å². The number of benzene rings is 2. The van der Waals surface area contributed by atoms with Crippen molar-refractivity contribution in [3.05, 3.63) is 53.6 Å². The van der Waals surface area contributed by atoms with Gasteiger partial charge in [-0.1, -0.05) is 38.1 Å². The van der Waals surface area contributed by atoms with Gasteiger partial charge >= 0.3 is 0 Å². The van der Waals surface area contributed by atoms with Crippen LogP contribution >= 0.6 is 0 Å². The summed E-state index contributed by atoms with van der Waals surface area (Å²) in [4.78, 5) is 14.2. The molecule has 0 spiro atoms. The Morgan fingerprint density at radius 2 is 1.87 bits per heavy atom. The summed E-state index contributed by atoms with van der Waals surface area (Å²) < 4.78 is 5.91. The first-order valence-corrected chi connectivity index (χ1v) is 7.88. The fourth-order valence-corrected chi connectivity index (χ4v) is 2.82. The van der Waals surface area contributed by atoms with E-state index in [1.807, 2.05) is 6.07 Å². The predicted octanol–water partition coefficient (Wildman–Crippen LogP) is 3.36. The second-order valence-electron chi connectivity index (χ2n) is 6.33. The zero-order chi connectivity index (χ0) is 16.6. The molecule has 4 heteroatoms. The molecule has 1 aliphatic rings. The first-order valence-electron chi connectivity index (χ1n) is 7.88. The number of hydrogen-bond acceptors (Lipinski definition) is 3. The zero-order valence-corrected chi connectivity index (χ0v) is 13.7. The minimum Gasteiger partial charge on any atom is -0.478 e. The van der Waals surface area contributed by atoms with Crippen LogP contribution < -0.4 is 15.4 Å². The van der Waals surface area contributed by atoms with Crippen molar-refractivity contribution < 1.29 is 9.53 Å². The van der Waals surface area contributed by atoms with Crippen LogP contribution in [0.5, 0.6) is 5.75 Å². The number of nitrogen functional groups attached to an aromatic ring is 1. The van der Waals surface area contributed by atoms with Crippen molar-refractivity contribution in [1.29, 1.82) is 0 Å². The number of nitrogens with zero attached hydrogens (tertiary/aromatic N) is 1. The molecule has 0 fully saturated rings. The Labute approximate surface area is 136 Å². The average Bonchev–Trinajstić information content (AvgIpc) is 2.52. The molecule has 1 aliphatic heterocycles. The predicted molar refractivity (Wildman–Crippen MR) is 92.9 cm³/mol. The van der Waals surface area contributed by atoms with Crippen LogP contribution in [0.4, 0.5) is 11.4 Å². The van der Waals surface area contributed by atoms with Crippen LogP contribution in [0.25, 0.3) is 0 Å². The third-order valence-electron chi connectivity index (χ3n) is 4.29. The lowest BCUT2D eigenvalue weighted by atomic mass is 9.99. The highest BCUT2D eigenvalue weighted by atomic mass is 16.5. The smallest absolute Gasteiger partial charge is 0.268 e. The fourth-order valence-electron chi connectivity index (χ4n) is 2.82. The van der Waals surface area contributed by atoms with Crippen molar-refractivity contribution >= 4 is 17.3 Å². The maximum atomic E-state index is 12.5. The van der Waals surface area contributed by atoms with E-state index >= 15 is 0 Å². The summed E-state index contributed by atoms with van der Waals surface area (Å²) in [7, 11) is 1.77. The second-order valence-corrected chi connectivity index (χ2v) is 6.33. The molecule has 0 saturated carbocycles. The molecule has 0 saturated heterocycles. The van der Waals surface area contributed by atoms with E-state index in [1.54, 1.807) is 24.1 Å². The first-order chi connectivity index (χ1) is 11.0. The van der Waals surface area contributed by atoms with Gasteiger partial charge in [0, 0.05) is 25.2 Å². The average molecular weight is 310 g/mol. The topological polar surface area (TPSA) is 55.6 Å². The Balaban J connectivity index is 1.82. The molecule has 1 unspecified atom stereocenters. The van der Waals surface area contributed by atoms with Crippen LogP contribution in [0, 0.1) is 0 Å². The summed E-state index contributed by atoms with van der Waals surface area (Å²) in [5.41, 5.74) is 9.60. The van der Waals surface area contributed by atoms with Crippen LogP contribution in [0.15, 0.2) is 42.5 Å². The molecular weight excluding hydrogens is 288 g/mol. The van der Waals surface area contributed by atoms with Gasteiger partial charge in [0.25, 0.3) is 5.91 Å². The number of amides is 1. The molecule has 4 nitrogen and oxygen atoms in total. The summed E-state index contributed by atoms with van der Waals surface area (Å²) in [6, 6.07) is 13.7. The first kappa shape index (κ1) is 15.4. The molecule has 0 radical (unpaired) electrons. The lowest BCUT2D eigenvalue weighted by Crippen LogP contribution is -2.44. The summed E-state index contributed by atoms with van der Waals surface area (Å²) in [5.74, 6) is 1.13. The minimum atomic E-state index is -0.515. The molecule has 0 aromatic heterocycles. The van der Waals surface area contributed by atoms with Gasteiger partial charge in [0.15, 0.2) is 6.10 Å². The Morgan fingerprint density at radius 1 is 1.17 bits per heavy atom. The molecule has 1 heterocycles. The Kier molecular flexibility index (Phi) is 3.99. The van der Waals surface area contributed by atoms with Gasteiger partial charge in [0.05, 0.1) is 5.69 Å². The number of fused-ring (bicyclic) bond motifs is 1. The van der Waals surface area contributed by atoms with E-state index in [-0.39, 0.29) is 5.91 Å². The molecule has 23 heavy (non-hydrogen) atoms. The number of carbonyl (C=O) groups excluding carboxylic acids is 1. The third-order valence-corrected chi connectivity index (χ3v) is 4.29. The van der Waals surface area contributed by atoms with E-state index in [9.17, 15) is 4.79 Å². The van der Waals surface area contributed by atoms with E-state index < -0.39 is 6.10 Å². The highest BCUT2D eigenvalue weighted by Crippen LogP contribution is 2.35. The van der Waals surface area contributed by atoms with Gasteiger partial charge < -0.3 is 15.4 Å². The van der Waals surface area contributed by atoms with Crippen LogP contribution in [0.1, 0.15) is 30.9 Å². The van der Waals surface area contributed by atoms with Gasteiger partial charge in [0.2, 0.25) is 0 Å². The molecular formula is C19H22N2O2. The third kappa shape index (κ3) is 3.02. The van der Waals surface area contributed by atoms with E-state index in [1.165, 1.54) is 5.56 Å². The molecule has 3 rings (SSSR count). The lowest BCUT2D eigenvalue weighted by Gasteiger charge is -2.32. The number of hydrogen-bond donors (Lipinski definition) is 1. The Bertz CT molecular complexity index is 723. The molecule has 2 N–H and O–H groups in total. The zero-order valence-electron chi connectivity index (χ0n) is 13.7. The highest BCUT2D eigenvalue weighted by Gasteiger charge is 2.32. The molecule has 2 aromatic carbocycles. The van der Waals surface area contributed by atoms with Crippen molar-refractivity contribution in [3.63, 3.8) is 0 Å². The summed E-state index contributed by atoms with van der Waals surface area (Å²) in [5, 5.41) is 0. The minimum absolute atomic E-state index is 0.0322. The fraction of sp³-hybridized carbons (Fsp3) is 0.316. The number of anilines is 2. The summed E-state index contributed by atoms with van der Waals surface area (Å²) in [6.07, 6.45) is 0.0367. The molecule has 1 amide bonds. The Hall–Kier alpha value is -2.49. The number of ether oxygens (including phenoxy) is 1. The molecule has 0 bridgehead atoms. The molecule has 120 valence electrons. The van der Waals surface area contributed by atoms with Gasteiger partial charge in [-0.2, -0.15) is 0 Å². The van der Waals surface area contributed by atoms with Crippen molar-refractivity contribution in [2.24, 2.45) is 0 Å². The van der Waals surface area contributed by atoms with Crippen molar-refractivity contribution in [3.8, 4) is 5.75 Å². The van der Waals surface area contributed by atoms with Crippen molar-refractivity contribution in [1.82, 2.24) is 0 Å². The number of rotatable bonds is 3. The number of carbonyl (C=O) groups is 1. The maximum absolute atomic E-state index is 12.5. The maximum Gasteiger partial charge on any atom is 0.268 e. The van der Waals surface area contributed by atoms with Gasteiger partial charge in [-0.3, -0.25) is 4.79 Å². The normalized spacial score (nSPS) is 17.1. The van der Waals surface area contributed by atoms with Gasteiger partial charge in [-0.05, 0) is 29.2 Å². The van der Waals surface area contributed by atoms with E-state index in [2.05, 4.69) is 38.1 Å². The molecule has 0 aliphatic carbocycles. The van der Waals surface area contributed by atoms with Gasteiger partial charge in [0.1, 0.15) is 5.75 Å². The lowest BCUT2D eigenvalue weighted by molar-refractivity contribution is -0.125. The molecule has 1 atom stereocenters. The largest absolute Gasteiger partial charge is 0.478 e. The standard InChI is InChI=1S/C19H22N2O2/c1-12(2)14-6-4-13(5-7-14)10-18-19(22)21(3)16-9-8-15(20)11-17(16)23-18/h4-9,11-12,18H,10,20H2,1-3H3. The summed E-state index contributed by atoms with van der Waals surface area (Å²) in [6.45, 7) is 4.33. The van der Waals surface area contributed by atoms with Gasteiger partial charge in [-0.25, -0.2) is 0 Å². The summed E-state index contributed by atoms with van der Waals surface area (Å²) >= 11 is 0. The quantitative estimate of drug-likeness (QED) is 0.884. The van der Waals surface area contributed by atoms with Crippen molar-refractivity contribution in [2.45, 2.75) is 32.3 Å². The van der Waals surface area contributed by atoms with Crippen LogP contribution in [0.3, 0.4) is 0 Å². The monoisotopic (exact) mass is 310 g/mol. The molecule has 2 aromatic rings. The highest BCUT2D eigenvalue weighted by molar-refractivity contribution is 6.00. The Morgan fingerprint density at radius 3 is 2.52 bits per heavy atom. The van der Waals surface area contributed by atoms with Gasteiger partial charge in [-0.15, -0.1) is 0 Å². The number of nitrogens with two attached hydrogens (primary N) is 1. The van der Waals surface area contributed by atoms with E-state index in [0.29, 0.717) is 23.8 Å². The van der Waals surface area contributed by atoms with Crippen LogP contribution in [-0.2, 0) is 11.2 Å². The van der Waals surface area contributed by atoms with Crippen LogP contribution in [0.2, 0.25) is 0 Å². The van der Waals surface area contributed by atoms with E-state index in [0.717, 1.165) is 11.3 Å². The SMILES string of the molecule is CC(C)c1ccc(CC2Oc3cc(N)ccc3N(C)C2=O)cc1. The second kappa shape index (κ2) is 5.95. The number of likely N-dealkylation sites (N-methyl/N-ethyl adjacent to an activating group) is 1.